The number of carboxylic acids is 1. The average Bonchev–Trinajstić information content (AvgIpc) is 2.30. The summed E-state index contributed by atoms with van der Waals surface area (Å²) in [6, 6.07) is -0.506. The maximum Gasteiger partial charge on any atom is 0.303 e. The second kappa shape index (κ2) is 10.3. The van der Waals surface area contributed by atoms with Crippen molar-refractivity contribution >= 4 is 17.8 Å². The Bertz CT molecular complexity index is 305. The fourth-order valence-electron chi connectivity index (χ4n) is 1.67. The van der Waals surface area contributed by atoms with E-state index in [-0.39, 0.29) is 18.2 Å². The third kappa shape index (κ3) is 11.2. The lowest BCUT2D eigenvalue weighted by Gasteiger charge is -2.12. The van der Waals surface area contributed by atoms with Crippen LogP contribution in [0.2, 0.25) is 0 Å². The van der Waals surface area contributed by atoms with E-state index in [4.69, 9.17) is 5.11 Å². The lowest BCUT2D eigenvalue weighted by atomic mass is 10.1. The summed E-state index contributed by atoms with van der Waals surface area (Å²) in [4.78, 5) is 32.5. The second-order valence-electron chi connectivity index (χ2n) is 4.62. The van der Waals surface area contributed by atoms with Gasteiger partial charge in [-0.2, -0.15) is 0 Å². The van der Waals surface area contributed by atoms with Crippen LogP contribution >= 0.6 is 0 Å². The van der Waals surface area contributed by atoms with Crippen LogP contribution in [0.15, 0.2) is 0 Å². The van der Waals surface area contributed by atoms with Gasteiger partial charge in [0.25, 0.3) is 0 Å². The van der Waals surface area contributed by atoms with Crippen molar-refractivity contribution in [3.8, 4) is 0 Å². The number of hydrogen-bond donors (Lipinski definition) is 3. The van der Waals surface area contributed by atoms with E-state index in [0.29, 0.717) is 13.0 Å². The second-order valence-corrected chi connectivity index (χ2v) is 4.62. The molecule has 0 aromatic carbocycles. The highest BCUT2D eigenvalue weighted by Crippen LogP contribution is 2.04. The van der Waals surface area contributed by atoms with Gasteiger partial charge >= 0.3 is 5.97 Å². The van der Waals surface area contributed by atoms with Crippen LogP contribution in [0.25, 0.3) is 0 Å². The van der Waals surface area contributed by atoms with Crippen molar-refractivity contribution in [2.75, 3.05) is 6.54 Å². The Hall–Kier alpha value is -1.59. The Morgan fingerprint density at radius 1 is 1.05 bits per heavy atom. The summed E-state index contributed by atoms with van der Waals surface area (Å²) in [6.45, 7) is 3.60. The first kappa shape index (κ1) is 17.4. The molecule has 0 aliphatic heterocycles. The maximum absolute atomic E-state index is 11.5. The summed E-state index contributed by atoms with van der Waals surface area (Å²) < 4.78 is 0. The molecule has 0 saturated heterocycles. The lowest BCUT2D eigenvalue weighted by Crippen LogP contribution is -2.44. The monoisotopic (exact) mass is 272 g/mol. The molecule has 0 aromatic rings. The first-order valence-electron chi connectivity index (χ1n) is 6.70. The molecule has 0 fully saturated rings. The predicted octanol–water partition coefficient (Wildman–Crippen LogP) is 1.05. The molecule has 3 N–H and O–H groups in total. The number of amides is 2. The third-order valence-corrected chi connectivity index (χ3v) is 2.68. The molecule has 0 heterocycles. The molecule has 0 spiro atoms. The predicted molar refractivity (Wildman–Crippen MR) is 71.6 cm³/mol. The number of carboxylic acid groups (broad SMARTS) is 1. The average molecular weight is 272 g/mol. The fraction of sp³-hybridized carbons (Fsp3) is 0.769. The van der Waals surface area contributed by atoms with Crippen molar-refractivity contribution in [3.63, 3.8) is 0 Å². The summed E-state index contributed by atoms with van der Waals surface area (Å²) in [5, 5.41) is 13.7. The largest absolute Gasteiger partial charge is 0.481 e. The molecule has 0 radical (unpaired) electrons. The topological polar surface area (TPSA) is 95.5 Å². The Morgan fingerprint density at radius 2 is 1.63 bits per heavy atom. The number of aliphatic carboxylic acids is 1. The van der Waals surface area contributed by atoms with Gasteiger partial charge in [0.05, 0.1) is 0 Å². The molecule has 1 atom stereocenters. The molecule has 0 aromatic heterocycles. The molecule has 0 aliphatic rings. The van der Waals surface area contributed by atoms with Crippen molar-refractivity contribution in [1.29, 1.82) is 0 Å². The van der Waals surface area contributed by atoms with E-state index in [9.17, 15) is 14.4 Å². The van der Waals surface area contributed by atoms with Gasteiger partial charge in [-0.15, -0.1) is 0 Å². The number of hydrogen-bond acceptors (Lipinski definition) is 3. The van der Waals surface area contributed by atoms with Crippen molar-refractivity contribution < 1.29 is 19.5 Å². The van der Waals surface area contributed by atoms with E-state index < -0.39 is 12.0 Å². The van der Waals surface area contributed by atoms with E-state index in [2.05, 4.69) is 10.6 Å². The molecule has 0 saturated carbocycles. The van der Waals surface area contributed by atoms with Gasteiger partial charge in [0.15, 0.2) is 0 Å². The van der Waals surface area contributed by atoms with Crippen molar-refractivity contribution in [3.05, 3.63) is 0 Å². The van der Waals surface area contributed by atoms with Crippen LogP contribution in [-0.4, -0.2) is 35.5 Å². The highest BCUT2D eigenvalue weighted by molar-refractivity contribution is 5.86. The number of rotatable bonds is 10. The molecule has 19 heavy (non-hydrogen) atoms. The first-order chi connectivity index (χ1) is 8.93. The van der Waals surface area contributed by atoms with Gasteiger partial charge in [0, 0.05) is 19.9 Å². The zero-order valence-corrected chi connectivity index (χ0v) is 11.7. The molecular weight excluding hydrogens is 248 g/mol. The molecular formula is C13H24N2O4. The van der Waals surface area contributed by atoms with E-state index in [1.165, 1.54) is 6.92 Å². The normalized spacial score (nSPS) is 11.7. The molecule has 6 heteroatoms. The van der Waals surface area contributed by atoms with E-state index in [0.717, 1.165) is 25.7 Å². The van der Waals surface area contributed by atoms with Gasteiger partial charge in [-0.25, -0.2) is 0 Å². The Balaban J connectivity index is 3.41. The van der Waals surface area contributed by atoms with E-state index >= 15 is 0 Å². The standard InChI is InChI=1S/C13H24N2O4/c1-10(15-11(2)16)13(19)14-9-7-5-3-4-6-8-12(17)18/h10H,3-9H2,1-2H3,(H,14,19)(H,15,16)(H,17,18). The van der Waals surface area contributed by atoms with Gasteiger partial charge in [-0.1, -0.05) is 19.3 Å². The zero-order chi connectivity index (χ0) is 14.7. The summed E-state index contributed by atoms with van der Waals surface area (Å²) in [7, 11) is 0. The Morgan fingerprint density at radius 3 is 2.21 bits per heavy atom. The Labute approximate surface area is 113 Å². The van der Waals surface area contributed by atoms with Gasteiger partial charge in [-0.05, 0) is 19.8 Å². The summed E-state index contributed by atoms with van der Waals surface area (Å²) in [5.41, 5.74) is 0. The smallest absolute Gasteiger partial charge is 0.303 e. The number of nitrogens with one attached hydrogen (secondary N) is 2. The van der Waals surface area contributed by atoms with E-state index in [1.807, 2.05) is 0 Å². The van der Waals surface area contributed by atoms with Gasteiger partial charge in [0.2, 0.25) is 11.8 Å². The minimum absolute atomic E-state index is 0.180. The van der Waals surface area contributed by atoms with Crippen LogP contribution in [-0.2, 0) is 14.4 Å². The highest BCUT2D eigenvalue weighted by atomic mass is 16.4. The van der Waals surface area contributed by atoms with Crippen molar-refractivity contribution in [1.82, 2.24) is 10.6 Å². The van der Waals surface area contributed by atoms with Crippen LogP contribution in [0.3, 0.4) is 0 Å². The van der Waals surface area contributed by atoms with E-state index in [1.54, 1.807) is 6.92 Å². The molecule has 1 unspecified atom stereocenters. The summed E-state index contributed by atoms with van der Waals surface area (Å²) in [6.07, 6.45) is 4.65. The van der Waals surface area contributed by atoms with Crippen LogP contribution in [0.1, 0.15) is 52.4 Å². The minimum atomic E-state index is -0.751. The van der Waals surface area contributed by atoms with Gasteiger partial charge in [-0.3, -0.25) is 14.4 Å². The van der Waals surface area contributed by atoms with Crippen LogP contribution in [0, 0.1) is 0 Å². The highest BCUT2D eigenvalue weighted by Gasteiger charge is 2.12. The number of unbranched alkanes of at least 4 members (excludes halogenated alkanes) is 4. The van der Waals surface area contributed by atoms with Crippen molar-refractivity contribution in [2.45, 2.75) is 58.4 Å². The lowest BCUT2D eigenvalue weighted by molar-refractivity contribution is -0.137. The molecule has 110 valence electrons. The van der Waals surface area contributed by atoms with Crippen molar-refractivity contribution in [2.24, 2.45) is 0 Å². The summed E-state index contributed by atoms with van der Waals surface area (Å²) in [5.74, 6) is -1.15. The van der Waals surface area contributed by atoms with Crippen LogP contribution < -0.4 is 10.6 Å². The molecule has 2 amide bonds. The number of carbonyl (C=O) groups is 3. The molecule has 6 nitrogen and oxygen atoms in total. The molecule has 0 rings (SSSR count). The minimum Gasteiger partial charge on any atom is -0.481 e. The SMILES string of the molecule is CC(=O)NC(C)C(=O)NCCCCCCCC(=O)O. The first-order valence-corrected chi connectivity index (χ1v) is 6.70. The van der Waals surface area contributed by atoms with Gasteiger partial charge in [0.1, 0.15) is 6.04 Å². The quantitative estimate of drug-likeness (QED) is 0.518. The molecule has 0 bridgehead atoms. The Kier molecular flexibility index (Phi) is 9.48. The number of carbonyl (C=O) groups excluding carboxylic acids is 2. The van der Waals surface area contributed by atoms with Crippen LogP contribution in [0.5, 0.6) is 0 Å². The summed E-state index contributed by atoms with van der Waals surface area (Å²) >= 11 is 0. The third-order valence-electron chi connectivity index (χ3n) is 2.68. The van der Waals surface area contributed by atoms with Crippen LogP contribution in [0.4, 0.5) is 0 Å². The molecule has 0 aliphatic carbocycles. The zero-order valence-electron chi connectivity index (χ0n) is 11.7. The van der Waals surface area contributed by atoms with Gasteiger partial charge < -0.3 is 15.7 Å². The maximum atomic E-state index is 11.5. The fourth-order valence-corrected chi connectivity index (χ4v) is 1.67.